The molecule has 30 heavy (non-hydrogen) atoms. The quantitative estimate of drug-likeness (QED) is 0.263. The van der Waals surface area contributed by atoms with Crippen LogP contribution >= 0.6 is 23.2 Å². The highest BCUT2D eigenvalue weighted by Gasteiger charge is 2.12. The van der Waals surface area contributed by atoms with Crippen molar-refractivity contribution >= 4 is 40.3 Å². The Kier molecular flexibility index (Phi) is 6.12. The summed E-state index contributed by atoms with van der Waals surface area (Å²) in [7, 11) is 0. The summed E-state index contributed by atoms with van der Waals surface area (Å²) >= 11 is 12.5. The molecule has 0 spiro atoms. The van der Waals surface area contributed by atoms with Crippen molar-refractivity contribution in [3.63, 3.8) is 0 Å². The Labute approximate surface area is 186 Å². The second kappa shape index (κ2) is 8.95. The van der Waals surface area contributed by atoms with Crippen LogP contribution in [0.15, 0.2) is 71.8 Å². The number of rotatable bonds is 6. The van der Waals surface area contributed by atoms with Crippen molar-refractivity contribution in [2.45, 2.75) is 26.9 Å². The zero-order valence-corrected chi connectivity index (χ0v) is 18.5. The van der Waals surface area contributed by atoms with E-state index in [1.54, 1.807) is 0 Å². The Bertz CT molecular complexity index is 1190. The second-order valence-corrected chi connectivity index (χ2v) is 8.20. The minimum absolute atomic E-state index is 0.468. The van der Waals surface area contributed by atoms with Gasteiger partial charge in [-0.3, -0.25) is 0 Å². The molecule has 0 aliphatic carbocycles. The van der Waals surface area contributed by atoms with Crippen LogP contribution in [0, 0.1) is 13.8 Å². The third kappa shape index (κ3) is 4.23. The summed E-state index contributed by atoms with van der Waals surface area (Å²) < 4.78 is 2.34. The van der Waals surface area contributed by atoms with Crippen LogP contribution in [-0.4, -0.2) is 10.8 Å². The van der Waals surface area contributed by atoms with Crippen LogP contribution < -0.4 is 5.43 Å². The van der Waals surface area contributed by atoms with Gasteiger partial charge >= 0.3 is 0 Å². The molecule has 4 rings (SSSR count). The SMILES string of the molecule is Cc1ccc(Cn2c(C)c(/C=N/NCc3c(Cl)cccc3Cl)c3ccccc32)cc1. The molecule has 0 unspecified atom stereocenters. The van der Waals surface area contributed by atoms with Gasteiger partial charge in [0.15, 0.2) is 0 Å². The normalized spacial score (nSPS) is 11.5. The van der Waals surface area contributed by atoms with E-state index < -0.39 is 0 Å². The highest BCUT2D eigenvalue weighted by molar-refractivity contribution is 6.35. The molecule has 0 saturated heterocycles. The van der Waals surface area contributed by atoms with Crippen LogP contribution in [0.2, 0.25) is 10.0 Å². The fourth-order valence-electron chi connectivity index (χ4n) is 3.64. The van der Waals surface area contributed by atoms with E-state index in [2.05, 4.69) is 77.5 Å². The molecule has 0 radical (unpaired) electrons. The van der Waals surface area contributed by atoms with Crippen molar-refractivity contribution in [3.05, 3.63) is 105 Å². The van der Waals surface area contributed by atoms with Crippen molar-refractivity contribution in [2.24, 2.45) is 5.10 Å². The van der Waals surface area contributed by atoms with Crippen LogP contribution in [0.4, 0.5) is 0 Å². The molecular formula is C25H23Cl2N3. The van der Waals surface area contributed by atoms with Gasteiger partial charge in [0.05, 0.1) is 12.8 Å². The monoisotopic (exact) mass is 435 g/mol. The Morgan fingerprint density at radius 1 is 0.900 bits per heavy atom. The van der Waals surface area contributed by atoms with Crippen LogP contribution in [0.3, 0.4) is 0 Å². The molecule has 5 heteroatoms. The van der Waals surface area contributed by atoms with Gasteiger partial charge in [0.1, 0.15) is 0 Å². The van der Waals surface area contributed by atoms with E-state index in [4.69, 9.17) is 23.2 Å². The van der Waals surface area contributed by atoms with Gasteiger partial charge in [-0.2, -0.15) is 5.10 Å². The van der Waals surface area contributed by atoms with Crippen molar-refractivity contribution in [1.82, 2.24) is 9.99 Å². The Morgan fingerprint density at radius 3 is 2.33 bits per heavy atom. The third-order valence-corrected chi connectivity index (χ3v) is 6.05. The second-order valence-electron chi connectivity index (χ2n) is 7.38. The zero-order valence-electron chi connectivity index (χ0n) is 17.0. The standard InChI is InChI=1S/C25H23Cl2N3/c1-17-10-12-19(13-11-17)16-30-18(2)21(20-6-3-4-9-25(20)30)14-28-29-15-22-23(26)7-5-8-24(22)27/h3-14,29H,15-16H2,1-2H3/b28-14+. The summed E-state index contributed by atoms with van der Waals surface area (Å²) in [6.45, 7) is 5.54. The summed E-state index contributed by atoms with van der Waals surface area (Å²) in [5.74, 6) is 0. The maximum atomic E-state index is 6.24. The number of aromatic nitrogens is 1. The van der Waals surface area contributed by atoms with Crippen LogP contribution in [0.1, 0.15) is 27.9 Å². The number of hydrogen-bond acceptors (Lipinski definition) is 2. The minimum atomic E-state index is 0.468. The lowest BCUT2D eigenvalue weighted by Crippen LogP contribution is -2.07. The number of aryl methyl sites for hydroxylation is 1. The van der Waals surface area contributed by atoms with E-state index in [0.717, 1.165) is 17.7 Å². The smallest absolute Gasteiger partial charge is 0.0609 e. The number of hydrazone groups is 1. The fraction of sp³-hybridized carbons (Fsp3) is 0.160. The molecule has 3 nitrogen and oxygen atoms in total. The molecule has 1 aromatic heterocycles. The molecular weight excluding hydrogens is 413 g/mol. The lowest BCUT2D eigenvalue weighted by Gasteiger charge is -2.09. The lowest BCUT2D eigenvalue weighted by atomic mass is 10.1. The third-order valence-electron chi connectivity index (χ3n) is 5.34. The van der Waals surface area contributed by atoms with E-state index in [9.17, 15) is 0 Å². The first-order valence-corrected chi connectivity index (χ1v) is 10.6. The fourth-order valence-corrected chi connectivity index (χ4v) is 4.17. The Hall–Kier alpha value is -2.75. The van der Waals surface area contributed by atoms with E-state index >= 15 is 0 Å². The predicted octanol–water partition coefficient (Wildman–Crippen LogP) is 6.74. The van der Waals surface area contributed by atoms with Gasteiger partial charge in [-0.1, -0.05) is 77.3 Å². The average Bonchev–Trinajstić information content (AvgIpc) is 3.00. The van der Waals surface area contributed by atoms with Crippen molar-refractivity contribution in [2.75, 3.05) is 0 Å². The number of halogens is 2. The topological polar surface area (TPSA) is 29.3 Å². The largest absolute Gasteiger partial charge is 0.340 e. The molecule has 0 bridgehead atoms. The van der Waals surface area contributed by atoms with Crippen LogP contribution in [-0.2, 0) is 13.1 Å². The Morgan fingerprint density at radius 2 is 1.60 bits per heavy atom. The molecule has 0 amide bonds. The maximum Gasteiger partial charge on any atom is 0.0609 e. The number of nitrogens with zero attached hydrogens (tertiary/aromatic N) is 2. The highest BCUT2D eigenvalue weighted by atomic mass is 35.5. The van der Waals surface area contributed by atoms with Gasteiger partial charge in [-0.05, 0) is 37.6 Å². The van der Waals surface area contributed by atoms with Gasteiger partial charge < -0.3 is 9.99 Å². The van der Waals surface area contributed by atoms with Crippen molar-refractivity contribution < 1.29 is 0 Å². The first-order valence-electron chi connectivity index (χ1n) is 9.87. The number of para-hydroxylation sites is 1. The molecule has 0 atom stereocenters. The van der Waals surface area contributed by atoms with Crippen molar-refractivity contribution in [1.29, 1.82) is 0 Å². The molecule has 4 aromatic rings. The molecule has 0 fully saturated rings. The van der Waals surface area contributed by atoms with Crippen LogP contribution in [0.25, 0.3) is 10.9 Å². The predicted molar refractivity (Wildman–Crippen MR) is 128 cm³/mol. The average molecular weight is 436 g/mol. The summed E-state index contributed by atoms with van der Waals surface area (Å²) in [5.41, 5.74) is 9.96. The zero-order chi connectivity index (χ0) is 21.1. The first kappa shape index (κ1) is 20.5. The summed E-state index contributed by atoms with van der Waals surface area (Å²) in [4.78, 5) is 0. The van der Waals surface area contributed by atoms with E-state index in [-0.39, 0.29) is 0 Å². The van der Waals surface area contributed by atoms with Gasteiger partial charge in [0.2, 0.25) is 0 Å². The van der Waals surface area contributed by atoms with Crippen LogP contribution in [0.5, 0.6) is 0 Å². The highest BCUT2D eigenvalue weighted by Crippen LogP contribution is 2.26. The number of hydrogen-bond donors (Lipinski definition) is 1. The maximum absolute atomic E-state index is 6.24. The molecule has 0 saturated carbocycles. The summed E-state index contributed by atoms with van der Waals surface area (Å²) in [6.07, 6.45) is 1.88. The minimum Gasteiger partial charge on any atom is -0.340 e. The number of fused-ring (bicyclic) bond motifs is 1. The van der Waals surface area contributed by atoms with E-state index in [1.807, 2.05) is 24.4 Å². The summed E-state index contributed by atoms with van der Waals surface area (Å²) in [5, 5.41) is 6.91. The van der Waals surface area contributed by atoms with Gasteiger partial charge in [-0.25, -0.2) is 0 Å². The van der Waals surface area contributed by atoms with E-state index in [1.165, 1.54) is 27.7 Å². The van der Waals surface area contributed by atoms with Gasteiger partial charge in [-0.15, -0.1) is 0 Å². The molecule has 1 N–H and O–H groups in total. The van der Waals surface area contributed by atoms with Crippen molar-refractivity contribution in [3.8, 4) is 0 Å². The number of nitrogens with one attached hydrogen (secondary N) is 1. The molecule has 0 aliphatic rings. The number of benzene rings is 3. The van der Waals surface area contributed by atoms with Gasteiger partial charge in [0, 0.05) is 44.3 Å². The lowest BCUT2D eigenvalue weighted by molar-refractivity contribution is 0.748. The molecule has 1 heterocycles. The molecule has 3 aromatic carbocycles. The first-order chi connectivity index (χ1) is 14.5. The Balaban J connectivity index is 1.60. The molecule has 152 valence electrons. The van der Waals surface area contributed by atoms with E-state index in [0.29, 0.717) is 16.6 Å². The van der Waals surface area contributed by atoms with Gasteiger partial charge in [0.25, 0.3) is 0 Å². The molecule has 0 aliphatic heterocycles. The summed E-state index contributed by atoms with van der Waals surface area (Å²) in [6, 6.07) is 22.6.